The van der Waals surface area contributed by atoms with E-state index in [0.717, 1.165) is 31.2 Å². The molecule has 1 amide bonds. The van der Waals surface area contributed by atoms with Gasteiger partial charge in [-0.15, -0.1) is 0 Å². The third-order valence-electron chi connectivity index (χ3n) is 3.79. The lowest BCUT2D eigenvalue weighted by atomic mass is 9.93. The van der Waals surface area contributed by atoms with E-state index in [1.165, 1.54) is 0 Å². The van der Waals surface area contributed by atoms with E-state index < -0.39 is 5.91 Å². The molecule has 0 spiro atoms. The van der Waals surface area contributed by atoms with Crippen LogP contribution in [0, 0.1) is 0 Å². The molecule has 1 aliphatic rings. The van der Waals surface area contributed by atoms with Gasteiger partial charge in [0.15, 0.2) is 0 Å². The summed E-state index contributed by atoms with van der Waals surface area (Å²) >= 11 is 0. The fourth-order valence-corrected chi connectivity index (χ4v) is 2.82. The van der Waals surface area contributed by atoms with Crippen LogP contribution in [0.15, 0.2) is 18.3 Å². The van der Waals surface area contributed by atoms with Gasteiger partial charge in [-0.3, -0.25) is 9.89 Å². The van der Waals surface area contributed by atoms with Crippen LogP contribution in [-0.2, 0) is 0 Å². The first-order valence-electron chi connectivity index (χ1n) is 6.83. The summed E-state index contributed by atoms with van der Waals surface area (Å²) in [5.41, 5.74) is 12.6. The van der Waals surface area contributed by atoms with Gasteiger partial charge in [0, 0.05) is 11.4 Å². The van der Waals surface area contributed by atoms with Crippen LogP contribution in [-0.4, -0.2) is 28.3 Å². The topological polar surface area (TPSA) is 107 Å². The van der Waals surface area contributed by atoms with Gasteiger partial charge in [-0.05, 0) is 37.8 Å². The zero-order valence-corrected chi connectivity index (χ0v) is 11.1. The number of benzene rings is 1. The van der Waals surface area contributed by atoms with Gasteiger partial charge in [-0.1, -0.05) is 0 Å². The number of nitrogens with one attached hydrogen (secondary N) is 1. The van der Waals surface area contributed by atoms with Gasteiger partial charge in [0.25, 0.3) is 5.91 Å². The maximum Gasteiger partial charge on any atom is 0.253 e. The molecule has 1 fully saturated rings. The normalized spacial score (nSPS) is 22.9. The lowest BCUT2D eigenvalue weighted by molar-refractivity contribution is 0.0988. The summed E-state index contributed by atoms with van der Waals surface area (Å²) < 4.78 is 5.97. The van der Waals surface area contributed by atoms with Crippen LogP contribution in [0.1, 0.15) is 36.0 Å². The predicted molar refractivity (Wildman–Crippen MR) is 75.5 cm³/mol. The summed E-state index contributed by atoms with van der Waals surface area (Å²) in [4.78, 5) is 11.7. The molecule has 106 valence electrons. The average Bonchev–Trinajstić information content (AvgIpc) is 2.86. The Bertz CT molecular complexity index is 637. The van der Waals surface area contributed by atoms with Gasteiger partial charge in [-0.2, -0.15) is 5.10 Å². The summed E-state index contributed by atoms with van der Waals surface area (Å²) in [6.45, 7) is 0. The minimum Gasteiger partial charge on any atom is -0.490 e. The molecule has 1 saturated carbocycles. The van der Waals surface area contributed by atoms with Crippen molar-refractivity contribution in [2.75, 3.05) is 0 Å². The number of H-pyrrole nitrogens is 1. The van der Waals surface area contributed by atoms with E-state index in [9.17, 15) is 4.79 Å². The first kappa shape index (κ1) is 12.9. The van der Waals surface area contributed by atoms with Crippen molar-refractivity contribution in [1.29, 1.82) is 0 Å². The Hall–Kier alpha value is -2.08. The lowest BCUT2D eigenvalue weighted by Gasteiger charge is -2.27. The predicted octanol–water partition coefficient (Wildman–Crippen LogP) is 1.31. The Kier molecular flexibility index (Phi) is 3.31. The van der Waals surface area contributed by atoms with E-state index in [1.807, 2.05) is 6.07 Å². The van der Waals surface area contributed by atoms with E-state index in [-0.39, 0.29) is 12.1 Å². The van der Waals surface area contributed by atoms with Crippen molar-refractivity contribution in [2.45, 2.75) is 37.8 Å². The molecule has 5 N–H and O–H groups in total. The van der Waals surface area contributed by atoms with Gasteiger partial charge in [-0.25, -0.2) is 0 Å². The smallest absolute Gasteiger partial charge is 0.253 e. The zero-order chi connectivity index (χ0) is 14.1. The van der Waals surface area contributed by atoms with Crippen molar-refractivity contribution >= 4 is 16.8 Å². The van der Waals surface area contributed by atoms with Gasteiger partial charge in [0.1, 0.15) is 11.9 Å². The van der Waals surface area contributed by atoms with Crippen LogP contribution < -0.4 is 16.2 Å². The number of aromatic nitrogens is 2. The molecule has 20 heavy (non-hydrogen) atoms. The molecular weight excluding hydrogens is 256 g/mol. The molecule has 1 aromatic heterocycles. The first-order chi connectivity index (χ1) is 9.65. The number of carbonyl (C=O) groups excluding carboxylic acids is 1. The number of nitrogens with zero attached hydrogens (tertiary/aromatic N) is 1. The fraction of sp³-hybridized carbons (Fsp3) is 0.429. The second kappa shape index (κ2) is 5.13. The number of fused-ring (bicyclic) bond motifs is 1. The highest BCUT2D eigenvalue weighted by molar-refractivity contribution is 6.07. The van der Waals surface area contributed by atoms with Crippen molar-refractivity contribution in [3.05, 3.63) is 23.9 Å². The summed E-state index contributed by atoms with van der Waals surface area (Å²) in [5.74, 6) is 0.0117. The van der Waals surface area contributed by atoms with Crippen LogP contribution >= 0.6 is 0 Å². The van der Waals surface area contributed by atoms with Crippen molar-refractivity contribution in [2.24, 2.45) is 11.5 Å². The molecule has 1 aromatic carbocycles. The molecular formula is C14H18N4O2. The Balaban J connectivity index is 1.94. The number of primary amides is 1. The van der Waals surface area contributed by atoms with E-state index in [4.69, 9.17) is 16.2 Å². The monoisotopic (exact) mass is 274 g/mol. The molecule has 1 heterocycles. The Morgan fingerprint density at radius 1 is 1.40 bits per heavy atom. The number of rotatable bonds is 3. The largest absolute Gasteiger partial charge is 0.490 e. The Labute approximate surface area is 116 Å². The lowest BCUT2D eigenvalue weighted by Crippen LogP contribution is -2.34. The maximum atomic E-state index is 11.7. The van der Waals surface area contributed by atoms with Gasteiger partial charge < -0.3 is 16.2 Å². The molecule has 0 saturated heterocycles. The highest BCUT2D eigenvalue weighted by Crippen LogP contribution is 2.30. The van der Waals surface area contributed by atoms with Crippen LogP contribution in [0.5, 0.6) is 5.75 Å². The third kappa shape index (κ3) is 2.34. The zero-order valence-electron chi connectivity index (χ0n) is 11.1. The molecule has 0 radical (unpaired) electrons. The maximum absolute atomic E-state index is 11.7. The van der Waals surface area contributed by atoms with E-state index >= 15 is 0 Å². The molecule has 2 atom stereocenters. The molecule has 3 rings (SSSR count). The number of aromatic amines is 1. The van der Waals surface area contributed by atoms with E-state index in [1.54, 1.807) is 12.3 Å². The highest BCUT2D eigenvalue weighted by Gasteiger charge is 2.23. The van der Waals surface area contributed by atoms with Crippen LogP contribution in [0.3, 0.4) is 0 Å². The van der Waals surface area contributed by atoms with Crippen LogP contribution in [0.25, 0.3) is 10.9 Å². The quantitative estimate of drug-likeness (QED) is 0.784. The SMILES string of the molecule is NC(=O)c1c(O[C@H]2CCC[C@@H](N)C2)ccc2[nH]ncc12. The number of carbonyl (C=O) groups is 1. The second-order valence-corrected chi connectivity index (χ2v) is 5.30. The number of amides is 1. The van der Waals surface area contributed by atoms with Crippen LogP contribution in [0.4, 0.5) is 0 Å². The van der Waals surface area contributed by atoms with Gasteiger partial charge in [0.05, 0.1) is 17.3 Å². The van der Waals surface area contributed by atoms with Crippen LogP contribution in [0.2, 0.25) is 0 Å². The first-order valence-corrected chi connectivity index (χ1v) is 6.83. The number of hydrogen-bond donors (Lipinski definition) is 3. The standard InChI is InChI=1S/C14H18N4O2/c15-8-2-1-3-9(6-8)20-12-5-4-11-10(7-17-18-11)13(12)14(16)19/h4-5,7-9H,1-3,6,15H2,(H2,16,19)(H,17,18)/t8-,9+/m1/s1. The second-order valence-electron chi connectivity index (χ2n) is 5.30. The fourth-order valence-electron chi connectivity index (χ4n) is 2.82. The van der Waals surface area contributed by atoms with E-state index in [0.29, 0.717) is 16.7 Å². The molecule has 6 heteroatoms. The summed E-state index contributed by atoms with van der Waals surface area (Å²) in [6.07, 6.45) is 5.47. The number of ether oxygens (including phenoxy) is 1. The molecule has 0 bridgehead atoms. The Morgan fingerprint density at radius 2 is 2.25 bits per heavy atom. The summed E-state index contributed by atoms with van der Waals surface area (Å²) in [7, 11) is 0. The summed E-state index contributed by atoms with van der Waals surface area (Å²) in [6, 6.07) is 3.77. The molecule has 2 aromatic rings. The Morgan fingerprint density at radius 3 is 3.00 bits per heavy atom. The third-order valence-corrected chi connectivity index (χ3v) is 3.79. The van der Waals surface area contributed by atoms with Gasteiger partial charge >= 0.3 is 0 Å². The number of nitrogens with two attached hydrogens (primary N) is 2. The average molecular weight is 274 g/mol. The highest BCUT2D eigenvalue weighted by atomic mass is 16.5. The van der Waals surface area contributed by atoms with Gasteiger partial charge in [0.2, 0.25) is 0 Å². The molecule has 1 aliphatic carbocycles. The van der Waals surface area contributed by atoms with Crippen molar-refractivity contribution in [3.63, 3.8) is 0 Å². The minimum atomic E-state index is -0.507. The van der Waals surface area contributed by atoms with E-state index in [2.05, 4.69) is 10.2 Å². The number of hydrogen-bond acceptors (Lipinski definition) is 4. The van der Waals surface area contributed by atoms with Crippen molar-refractivity contribution in [3.8, 4) is 5.75 Å². The molecule has 0 aliphatic heterocycles. The molecule has 0 unspecified atom stereocenters. The summed E-state index contributed by atoms with van der Waals surface area (Å²) in [5, 5.41) is 7.45. The minimum absolute atomic E-state index is 0.0428. The molecule has 6 nitrogen and oxygen atoms in total. The van der Waals surface area contributed by atoms with Crippen molar-refractivity contribution < 1.29 is 9.53 Å². The van der Waals surface area contributed by atoms with Crippen molar-refractivity contribution in [1.82, 2.24) is 10.2 Å².